The predicted molar refractivity (Wildman–Crippen MR) is 81.7 cm³/mol. The standard InChI is InChI=1S/C13H13Br2NS/c1-2-16-12(9-6-4-3-5-7-9)11-8-10(14)13(15)17-11/h3-8,12,16H,2H2,1H3. The van der Waals surface area contributed by atoms with Gasteiger partial charge in [-0.2, -0.15) is 0 Å². The molecule has 1 heterocycles. The van der Waals surface area contributed by atoms with Gasteiger partial charge in [-0.25, -0.2) is 0 Å². The molecule has 0 bridgehead atoms. The van der Waals surface area contributed by atoms with E-state index in [2.05, 4.69) is 74.4 Å². The third kappa shape index (κ3) is 3.19. The van der Waals surface area contributed by atoms with Crippen molar-refractivity contribution in [1.29, 1.82) is 0 Å². The lowest BCUT2D eigenvalue weighted by atomic mass is 10.1. The highest BCUT2D eigenvalue weighted by Crippen LogP contribution is 2.37. The van der Waals surface area contributed by atoms with Crippen molar-refractivity contribution in [2.24, 2.45) is 0 Å². The average molecular weight is 375 g/mol. The SMILES string of the molecule is CCNC(c1ccccc1)c1cc(Br)c(Br)s1. The van der Waals surface area contributed by atoms with E-state index in [0.29, 0.717) is 0 Å². The first kappa shape index (κ1) is 13.3. The monoisotopic (exact) mass is 373 g/mol. The first-order valence-corrected chi connectivity index (χ1v) is 7.85. The number of halogens is 2. The van der Waals surface area contributed by atoms with Crippen LogP contribution in [0.15, 0.2) is 44.7 Å². The lowest BCUT2D eigenvalue weighted by Crippen LogP contribution is -2.20. The molecule has 17 heavy (non-hydrogen) atoms. The maximum absolute atomic E-state index is 3.55. The quantitative estimate of drug-likeness (QED) is 0.796. The highest BCUT2D eigenvalue weighted by Gasteiger charge is 2.16. The summed E-state index contributed by atoms with van der Waals surface area (Å²) in [6, 6.07) is 13.0. The van der Waals surface area contributed by atoms with Crippen LogP contribution in [0.4, 0.5) is 0 Å². The third-order valence-corrected chi connectivity index (χ3v) is 5.81. The van der Waals surface area contributed by atoms with E-state index in [1.807, 2.05) is 6.07 Å². The molecule has 2 aromatic rings. The molecule has 0 saturated heterocycles. The lowest BCUT2D eigenvalue weighted by Gasteiger charge is -2.16. The van der Waals surface area contributed by atoms with Crippen LogP contribution in [0.2, 0.25) is 0 Å². The van der Waals surface area contributed by atoms with E-state index in [1.54, 1.807) is 11.3 Å². The van der Waals surface area contributed by atoms with Gasteiger partial charge in [0.15, 0.2) is 0 Å². The third-order valence-electron chi connectivity index (χ3n) is 2.49. The first-order valence-electron chi connectivity index (χ1n) is 5.45. The molecule has 1 N–H and O–H groups in total. The number of benzene rings is 1. The van der Waals surface area contributed by atoms with Gasteiger partial charge in [0, 0.05) is 9.35 Å². The minimum atomic E-state index is 0.272. The summed E-state index contributed by atoms with van der Waals surface area (Å²) in [6.45, 7) is 3.08. The summed E-state index contributed by atoms with van der Waals surface area (Å²) >= 11 is 8.86. The summed E-state index contributed by atoms with van der Waals surface area (Å²) in [5.41, 5.74) is 1.30. The minimum Gasteiger partial charge on any atom is -0.306 e. The van der Waals surface area contributed by atoms with Crippen molar-refractivity contribution in [3.63, 3.8) is 0 Å². The molecular weight excluding hydrogens is 362 g/mol. The molecule has 0 radical (unpaired) electrons. The summed E-state index contributed by atoms with van der Waals surface area (Å²) in [7, 11) is 0. The van der Waals surface area contributed by atoms with Crippen LogP contribution in [0, 0.1) is 0 Å². The molecule has 0 saturated carbocycles. The van der Waals surface area contributed by atoms with Crippen molar-refractivity contribution in [1.82, 2.24) is 5.32 Å². The molecule has 1 nitrogen and oxygen atoms in total. The van der Waals surface area contributed by atoms with Crippen LogP contribution in [-0.2, 0) is 0 Å². The van der Waals surface area contributed by atoms with E-state index in [1.165, 1.54) is 10.4 Å². The van der Waals surface area contributed by atoms with Crippen LogP contribution in [0.5, 0.6) is 0 Å². The molecule has 0 aliphatic carbocycles. The Bertz CT molecular complexity index is 462. The molecule has 0 aliphatic rings. The topological polar surface area (TPSA) is 12.0 Å². The zero-order valence-corrected chi connectivity index (χ0v) is 13.4. The maximum atomic E-state index is 3.55. The van der Waals surface area contributed by atoms with Crippen LogP contribution in [0.1, 0.15) is 23.4 Å². The van der Waals surface area contributed by atoms with E-state index in [0.717, 1.165) is 14.8 Å². The second-order valence-corrected chi connectivity index (χ2v) is 6.93. The number of thiophene rings is 1. The van der Waals surface area contributed by atoms with Gasteiger partial charge in [0.1, 0.15) is 0 Å². The first-order chi connectivity index (χ1) is 8.22. The Morgan fingerprint density at radius 1 is 1.24 bits per heavy atom. The van der Waals surface area contributed by atoms with Crippen LogP contribution in [0.25, 0.3) is 0 Å². The summed E-state index contributed by atoms with van der Waals surface area (Å²) in [5.74, 6) is 0. The van der Waals surface area contributed by atoms with E-state index in [4.69, 9.17) is 0 Å². The Hall–Kier alpha value is -0.160. The van der Waals surface area contributed by atoms with Gasteiger partial charge in [-0.3, -0.25) is 0 Å². The normalized spacial score (nSPS) is 12.6. The van der Waals surface area contributed by atoms with E-state index < -0.39 is 0 Å². The van der Waals surface area contributed by atoms with E-state index >= 15 is 0 Å². The molecular formula is C13H13Br2NS. The highest BCUT2D eigenvalue weighted by molar-refractivity contribution is 9.13. The van der Waals surface area contributed by atoms with Gasteiger partial charge in [-0.05, 0) is 50.0 Å². The van der Waals surface area contributed by atoms with Crippen molar-refractivity contribution in [2.45, 2.75) is 13.0 Å². The molecule has 1 aromatic heterocycles. The van der Waals surface area contributed by atoms with Gasteiger partial charge in [-0.1, -0.05) is 37.3 Å². The number of hydrogen-bond acceptors (Lipinski definition) is 2. The fourth-order valence-corrected chi connectivity index (χ4v) is 3.93. The van der Waals surface area contributed by atoms with E-state index in [-0.39, 0.29) is 6.04 Å². The van der Waals surface area contributed by atoms with Crippen molar-refractivity contribution in [3.05, 3.63) is 55.1 Å². The van der Waals surface area contributed by atoms with Crippen molar-refractivity contribution in [2.75, 3.05) is 6.54 Å². The smallest absolute Gasteiger partial charge is 0.0843 e. The Morgan fingerprint density at radius 3 is 2.47 bits per heavy atom. The minimum absolute atomic E-state index is 0.272. The maximum Gasteiger partial charge on any atom is 0.0843 e. The summed E-state index contributed by atoms with van der Waals surface area (Å²) in [6.07, 6.45) is 0. The van der Waals surface area contributed by atoms with Crippen molar-refractivity contribution < 1.29 is 0 Å². The molecule has 1 unspecified atom stereocenters. The molecule has 0 spiro atoms. The Morgan fingerprint density at radius 2 is 1.94 bits per heavy atom. The van der Waals surface area contributed by atoms with E-state index in [9.17, 15) is 0 Å². The van der Waals surface area contributed by atoms with Crippen LogP contribution in [0.3, 0.4) is 0 Å². The predicted octanol–water partition coefficient (Wildman–Crippen LogP) is 4.97. The van der Waals surface area contributed by atoms with Gasteiger partial charge >= 0.3 is 0 Å². The second-order valence-electron chi connectivity index (χ2n) is 3.67. The largest absolute Gasteiger partial charge is 0.306 e. The molecule has 90 valence electrons. The van der Waals surface area contributed by atoms with Crippen LogP contribution in [-0.4, -0.2) is 6.54 Å². The molecule has 2 rings (SSSR count). The average Bonchev–Trinajstić information content (AvgIpc) is 2.67. The summed E-state index contributed by atoms with van der Waals surface area (Å²) in [4.78, 5) is 1.32. The molecule has 0 amide bonds. The number of rotatable bonds is 4. The van der Waals surface area contributed by atoms with Gasteiger partial charge < -0.3 is 5.32 Å². The number of hydrogen-bond donors (Lipinski definition) is 1. The molecule has 4 heteroatoms. The second kappa shape index (κ2) is 6.14. The summed E-state index contributed by atoms with van der Waals surface area (Å²) in [5, 5.41) is 3.52. The lowest BCUT2D eigenvalue weighted by molar-refractivity contribution is 0.639. The Balaban J connectivity index is 2.35. The molecule has 1 atom stereocenters. The number of nitrogens with one attached hydrogen (secondary N) is 1. The van der Waals surface area contributed by atoms with Crippen molar-refractivity contribution >= 4 is 43.2 Å². The Labute approximate surface area is 123 Å². The van der Waals surface area contributed by atoms with Gasteiger partial charge in [-0.15, -0.1) is 11.3 Å². The molecule has 1 aromatic carbocycles. The van der Waals surface area contributed by atoms with Gasteiger partial charge in [0.05, 0.1) is 9.83 Å². The van der Waals surface area contributed by atoms with Crippen molar-refractivity contribution in [3.8, 4) is 0 Å². The van der Waals surface area contributed by atoms with Crippen LogP contribution < -0.4 is 5.32 Å². The summed E-state index contributed by atoms with van der Waals surface area (Å²) < 4.78 is 2.27. The highest BCUT2D eigenvalue weighted by atomic mass is 79.9. The zero-order chi connectivity index (χ0) is 12.3. The fourth-order valence-electron chi connectivity index (χ4n) is 1.74. The van der Waals surface area contributed by atoms with Gasteiger partial charge in [0.2, 0.25) is 0 Å². The zero-order valence-electron chi connectivity index (χ0n) is 9.41. The molecule has 0 fully saturated rings. The fraction of sp³-hybridized carbons (Fsp3) is 0.231. The molecule has 0 aliphatic heterocycles. The van der Waals surface area contributed by atoms with Gasteiger partial charge in [0.25, 0.3) is 0 Å². The van der Waals surface area contributed by atoms with Crippen LogP contribution >= 0.6 is 43.2 Å². The Kier molecular flexibility index (Phi) is 4.79.